The van der Waals surface area contributed by atoms with Crippen LogP contribution in [0.1, 0.15) is 96.3 Å². The fraction of sp³-hybridized carbons (Fsp3) is 0.920. The van der Waals surface area contributed by atoms with Gasteiger partial charge in [-0.25, -0.2) is 0 Å². The van der Waals surface area contributed by atoms with Crippen LogP contribution in [0.15, 0.2) is 0 Å². The molecule has 3 rings (SSSR count). The molecule has 178 valence electrons. The number of hydrogen-bond donors (Lipinski definition) is 3. The van der Waals surface area contributed by atoms with Gasteiger partial charge in [0.1, 0.15) is 0 Å². The van der Waals surface area contributed by atoms with Crippen LogP contribution in [0.25, 0.3) is 0 Å². The quantitative estimate of drug-likeness (QED) is 0.435. The highest BCUT2D eigenvalue weighted by Gasteiger charge is 2.37. The molecule has 2 amide bonds. The number of likely N-dealkylation sites (tertiary alicyclic amines) is 1. The molecule has 6 heteroatoms. The summed E-state index contributed by atoms with van der Waals surface area (Å²) in [6.45, 7) is 2.78. The third-order valence-electron chi connectivity index (χ3n) is 8.05. The summed E-state index contributed by atoms with van der Waals surface area (Å²) in [4.78, 5) is 26.5. The molecule has 2 saturated carbocycles. The van der Waals surface area contributed by atoms with Gasteiger partial charge in [0, 0.05) is 32.6 Å². The highest BCUT2D eigenvalue weighted by atomic mass is 16.2. The molecule has 6 nitrogen and oxygen atoms in total. The average molecular weight is 435 g/mol. The summed E-state index contributed by atoms with van der Waals surface area (Å²) in [6, 6.07) is 0.514. The van der Waals surface area contributed by atoms with E-state index in [1.807, 2.05) is 4.90 Å². The maximum atomic E-state index is 12.7. The summed E-state index contributed by atoms with van der Waals surface area (Å²) in [6.07, 6.45) is 16.8. The first-order valence-corrected chi connectivity index (χ1v) is 13.0. The number of amides is 2. The Bertz CT molecular complexity index is 578. The molecule has 0 spiro atoms. The number of likely N-dealkylation sites (N-methyl/N-ethyl adjacent to an activating group) is 1. The summed E-state index contributed by atoms with van der Waals surface area (Å²) in [5.41, 5.74) is 6.05. The van der Waals surface area contributed by atoms with Crippen LogP contribution in [0.2, 0.25) is 0 Å². The van der Waals surface area contributed by atoms with Gasteiger partial charge in [0.15, 0.2) is 0 Å². The Morgan fingerprint density at radius 2 is 1.87 bits per heavy atom. The summed E-state index contributed by atoms with van der Waals surface area (Å²) in [7, 11) is 1.72. The van der Waals surface area contributed by atoms with Crippen molar-refractivity contribution in [2.75, 3.05) is 26.7 Å². The van der Waals surface area contributed by atoms with E-state index in [0.29, 0.717) is 17.9 Å². The van der Waals surface area contributed by atoms with Crippen LogP contribution in [0.5, 0.6) is 0 Å². The van der Waals surface area contributed by atoms with Crippen molar-refractivity contribution >= 4 is 11.8 Å². The van der Waals surface area contributed by atoms with Gasteiger partial charge in [-0.2, -0.15) is 0 Å². The van der Waals surface area contributed by atoms with Crippen molar-refractivity contribution in [3.05, 3.63) is 0 Å². The van der Waals surface area contributed by atoms with Crippen molar-refractivity contribution in [3.63, 3.8) is 0 Å². The number of nitrogens with zero attached hydrogens (tertiary/aromatic N) is 1. The maximum Gasteiger partial charge on any atom is 0.239 e. The summed E-state index contributed by atoms with van der Waals surface area (Å²) >= 11 is 0. The van der Waals surface area contributed by atoms with Crippen molar-refractivity contribution in [1.82, 2.24) is 15.5 Å². The Balaban J connectivity index is 1.43. The van der Waals surface area contributed by atoms with Crippen LogP contribution in [-0.2, 0) is 9.59 Å². The van der Waals surface area contributed by atoms with E-state index < -0.39 is 5.54 Å². The Morgan fingerprint density at radius 1 is 1.10 bits per heavy atom. The highest BCUT2D eigenvalue weighted by molar-refractivity contribution is 5.85. The van der Waals surface area contributed by atoms with Crippen LogP contribution < -0.4 is 16.4 Å². The smallest absolute Gasteiger partial charge is 0.239 e. The van der Waals surface area contributed by atoms with Crippen LogP contribution in [-0.4, -0.2) is 55.0 Å². The number of carbonyl (C=O) groups is 2. The van der Waals surface area contributed by atoms with Crippen molar-refractivity contribution in [2.24, 2.45) is 17.6 Å². The van der Waals surface area contributed by atoms with Crippen LogP contribution in [0.4, 0.5) is 0 Å². The zero-order valence-electron chi connectivity index (χ0n) is 19.8. The zero-order chi connectivity index (χ0) is 22.1. The van der Waals surface area contributed by atoms with E-state index >= 15 is 0 Å². The molecule has 3 fully saturated rings. The Labute approximate surface area is 189 Å². The van der Waals surface area contributed by atoms with Crippen molar-refractivity contribution in [3.8, 4) is 0 Å². The van der Waals surface area contributed by atoms with Gasteiger partial charge in [0.25, 0.3) is 0 Å². The number of nitrogens with one attached hydrogen (secondary N) is 2. The largest absolute Gasteiger partial charge is 0.358 e. The van der Waals surface area contributed by atoms with E-state index in [-0.39, 0.29) is 5.91 Å². The minimum atomic E-state index is -0.727. The molecule has 31 heavy (non-hydrogen) atoms. The third-order valence-corrected chi connectivity index (χ3v) is 8.05. The second-order valence-corrected chi connectivity index (χ2v) is 10.5. The third kappa shape index (κ3) is 7.45. The predicted octanol–water partition coefficient (Wildman–Crippen LogP) is 3.34. The first-order chi connectivity index (χ1) is 15.0. The minimum Gasteiger partial charge on any atom is -0.358 e. The zero-order valence-corrected chi connectivity index (χ0v) is 19.8. The number of nitrogens with two attached hydrogens (primary N) is 1. The standard InChI is InChI=1S/C25H46N4O2/c1-27-24(31)25(26,14-13-20-8-3-2-4-9-20)19-21-10-5-11-22(18-21)28-15-7-17-29-16-6-12-23(29)30/h20-22,28H,2-19,26H2,1H3,(H,27,31)/t21-,22-,25+/m0/s1. The monoisotopic (exact) mass is 434 g/mol. The van der Waals surface area contributed by atoms with Crippen molar-refractivity contribution < 1.29 is 9.59 Å². The maximum absolute atomic E-state index is 12.7. The topological polar surface area (TPSA) is 87.5 Å². The molecule has 0 aromatic carbocycles. The average Bonchev–Trinajstić information content (AvgIpc) is 3.20. The lowest BCUT2D eigenvalue weighted by Crippen LogP contribution is -2.55. The van der Waals surface area contributed by atoms with E-state index in [9.17, 15) is 9.59 Å². The molecular formula is C25H46N4O2. The van der Waals surface area contributed by atoms with Crippen LogP contribution in [0.3, 0.4) is 0 Å². The molecule has 3 aliphatic rings. The number of hydrogen-bond acceptors (Lipinski definition) is 4. The van der Waals surface area contributed by atoms with Gasteiger partial charge in [-0.15, -0.1) is 0 Å². The van der Waals surface area contributed by atoms with Gasteiger partial charge in [-0.1, -0.05) is 44.9 Å². The lowest BCUT2D eigenvalue weighted by atomic mass is 9.74. The Morgan fingerprint density at radius 3 is 2.58 bits per heavy atom. The minimum absolute atomic E-state index is 0.0219. The first kappa shape index (κ1) is 24.5. The van der Waals surface area contributed by atoms with Gasteiger partial charge in [0.2, 0.25) is 11.8 Å². The molecule has 4 N–H and O–H groups in total. The van der Waals surface area contributed by atoms with Crippen LogP contribution >= 0.6 is 0 Å². The van der Waals surface area contributed by atoms with Gasteiger partial charge in [0.05, 0.1) is 5.54 Å². The molecule has 0 aromatic rings. The van der Waals surface area contributed by atoms with E-state index in [1.54, 1.807) is 7.05 Å². The second kappa shape index (κ2) is 12.2. The molecule has 0 radical (unpaired) electrons. The lowest BCUT2D eigenvalue weighted by molar-refractivity contribution is -0.128. The van der Waals surface area contributed by atoms with E-state index in [4.69, 9.17) is 5.73 Å². The fourth-order valence-corrected chi connectivity index (χ4v) is 6.19. The molecule has 2 aliphatic carbocycles. The molecule has 0 unspecified atom stereocenters. The molecule has 0 bridgehead atoms. The number of rotatable bonds is 11. The van der Waals surface area contributed by atoms with Crippen LogP contribution in [0, 0.1) is 11.8 Å². The summed E-state index contributed by atoms with van der Waals surface area (Å²) < 4.78 is 0. The summed E-state index contributed by atoms with van der Waals surface area (Å²) in [5, 5.41) is 6.58. The van der Waals surface area contributed by atoms with Gasteiger partial charge in [-0.3, -0.25) is 9.59 Å². The molecule has 1 saturated heterocycles. The fourth-order valence-electron chi connectivity index (χ4n) is 6.19. The van der Waals surface area contributed by atoms with E-state index in [2.05, 4.69) is 10.6 Å². The molecular weight excluding hydrogens is 388 g/mol. The SMILES string of the molecule is CNC(=O)[C@@](N)(CCC1CCCCC1)C[C@H]1CCC[C@H](NCCCN2CCCC2=O)C1. The first-order valence-electron chi connectivity index (χ1n) is 13.0. The normalized spacial score (nSPS) is 27.3. The van der Waals surface area contributed by atoms with E-state index in [1.165, 1.54) is 51.4 Å². The molecule has 1 heterocycles. The predicted molar refractivity (Wildman–Crippen MR) is 126 cm³/mol. The highest BCUT2D eigenvalue weighted by Crippen LogP contribution is 2.35. The summed E-state index contributed by atoms with van der Waals surface area (Å²) in [5.74, 6) is 1.61. The Kier molecular flexibility index (Phi) is 9.64. The molecule has 3 atom stereocenters. The lowest BCUT2D eigenvalue weighted by Gasteiger charge is -2.37. The van der Waals surface area contributed by atoms with Gasteiger partial charge < -0.3 is 21.3 Å². The van der Waals surface area contributed by atoms with Gasteiger partial charge >= 0.3 is 0 Å². The van der Waals surface area contributed by atoms with E-state index in [0.717, 1.165) is 70.5 Å². The number of carbonyl (C=O) groups excluding carboxylic acids is 2. The molecule has 1 aliphatic heterocycles. The van der Waals surface area contributed by atoms with Crippen molar-refractivity contribution in [1.29, 1.82) is 0 Å². The molecule has 0 aromatic heterocycles. The Hall–Kier alpha value is -1.14. The second-order valence-electron chi connectivity index (χ2n) is 10.5. The van der Waals surface area contributed by atoms with Gasteiger partial charge in [-0.05, 0) is 63.3 Å². The van der Waals surface area contributed by atoms with Crippen molar-refractivity contribution in [2.45, 2.75) is 108 Å².